The van der Waals surface area contributed by atoms with Gasteiger partial charge in [-0.3, -0.25) is 0 Å². The minimum atomic E-state index is -0.729. The van der Waals surface area contributed by atoms with E-state index in [1.54, 1.807) is 25.1 Å². The van der Waals surface area contributed by atoms with Gasteiger partial charge in [0.1, 0.15) is 0 Å². The molecule has 1 aromatic heterocycles. The number of hydrogen-bond donors (Lipinski definition) is 2. The summed E-state index contributed by atoms with van der Waals surface area (Å²) in [6.07, 6.45) is -0.729. The summed E-state index contributed by atoms with van der Waals surface area (Å²) in [6.45, 7) is 5.82. The Bertz CT molecular complexity index is 763. The predicted octanol–water partition coefficient (Wildman–Crippen LogP) is 2.20. The highest BCUT2D eigenvalue weighted by Crippen LogP contribution is 2.18. The molecule has 24 heavy (non-hydrogen) atoms. The third-order valence-electron chi connectivity index (χ3n) is 3.41. The molecule has 3 amide bonds. The van der Waals surface area contributed by atoms with Crippen molar-refractivity contribution in [1.82, 2.24) is 14.9 Å². The summed E-state index contributed by atoms with van der Waals surface area (Å²) in [5, 5.41) is 2.66. The number of amides is 3. The molecule has 8 heteroatoms. The Morgan fingerprint density at radius 2 is 1.88 bits per heavy atom. The van der Waals surface area contributed by atoms with Crippen LogP contribution < -0.4 is 11.1 Å². The van der Waals surface area contributed by atoms with Crippen LogP contribution >= 0.6 is 0 Å². The van der Waals surface area contributed by atoms with Gasteiger partial charge in [-0.1, -0.05) is 0 Å². The van der Waals surface area contributed by atoms with E-state index in [4.69, 9.17) is 10.5 Å². The van der Waals surface area contributed by atoms with Crippen molar-refractivity contribution in [2.75, 3.05) is 25.0 Å². The molecular formula is C16H21N5O3. The number of anilines is 1. The van der Waals surface area contributed by atoms with Crippen molar-refractivity contribution in [3.63, 3.8) is 0 Å². The lowest BCUT2D eigenvalue weighted by Gasteiger charge is -2.19. The van der Waals surface area contributed by atoms with E-state index in [-0.39, 0.29) is 19.7 Å². The van der Waals surface area contributed by atoms with Gasteiger partial charge in [0.15, 0.2) is 0 Å². The number of nitrogens with two attached hydrogens (primary N) is 1. The summed E-state index contributed by atoms with van der Waals surface area (Å²) in [7, 11) is 0. The number of rotatable bonds is 4. The van der Waals surface area contributed by atoms with E-state index in [0.29, 0.717) is 11.2 Å². The molecule has 3 N–H and O–H groups in total. The number of imide groups is 1. The molecule has 0 spiro atoms. The minimum Gasteiger partial charge on any atom is -0.449 e. The number of carbonyl (C=O) groups excluding carboxylic acids is 2. The first-order valence-corrected chi connectivity index (χ1v) is 7.66. The molecule has 0 bridgehead atoms. The number of aromatic nitrogens is 2. The van der Waals surface area contributed by atoms with Gasteiger partial charge in [0.25, 0.3) is 0 Å². The van der Waals surface area contributed by atoms with Crippen LogP contribution in [0.5, 0.6) is 0 Å². The fourth-order valence-corrected chi connectivity index (χ4v) is 2.11. The van der Waals surface area contributed by atoms with E-state index in [9.17, 15) is 9.59 Å². The second-order valence-electron chi connectivity index (χ2n) is 5.17. The molecule has 128 valence electrons. The van der Waals surface area contributed by atoms with Gasteiger partial charge in [0, 0.05) is 18.8 Å². The maximum Gasteiger partial charge on any atom is 0.418 e. The first kappa shape index (κ1) is 17.6. The Labute approximate surface area is 140 Å². The van der Waals surface area contributed by atoms with Gasteiger partial charge in [-0.15, -0.1) is 0 Å². The smallest absolute Gasteiger partial charge is 0.418 e. The average Bonchev–Trinajstić information content (AvgIpc) is 2.54. The molecule has 2 rings (SSSR count). The molecule has 1 heterocycles. The monoisotopic (exact) mass is 331 g/mol. The van der Waals surface area contributed by atoms with Crippen molar-refractivity contribution in [1.29, 1.82) is 0 Å². The number of benzene rings is 1. The van der Waals surface area contributed by atoms with Crippen molar-refractivity contribution in [2.24, 2.45) is 5.73 Å². The largest absolute Gasteiger partial charge is 0.449 e. The minimum absolute atomic E-state index is 0.0658. The maximum absolute atomic E-state index is 12.3. The zero-order valence-electron chi connectivity index (χ0n) is 14.0. The number of nitrogens with zero attached hydrogens (tertiary/aromatic N) is 3. The normalized spacial score (nSPS) is 10.5. The van der Waals surface area contributed by atoms with Crippen molar-refractivity contribution in [3.8, 4) is 0 Å². The Hall–Kier alpha value is -2.74. The Morgan fingerprint density at radius 1 is 1.21 bits per heavy atom. The Morgan fingerprint density at radius 3 is 2.50 bits per heavy atom. The second kappa shape index (κ2) is 7.69. The third-order valence-corrected chi connectivity index (χ3v) is 3.41. The molecule has 8 nitrogen and oxygen atoms in total. The van der Waals surface area contributed by atoms with Crippen LogP contribution in [0.3, 0.4) is 0 Å². The number of nitrogens with one attached hydrogen (secondary N) is 1. The summed E-state index contributed by atoms with van der Waals surface area (Å²) in [5.74, 6) is 0. The topological polar surface area (TPSA) is 110 Å². The SMILES string of the molecule is CCOC(=O)N(CCN)C(=O)Nc1ccc2nc(C)c(C)nc2c1. The highest BCUT2D eigenvalue weighted by atomic mass is 16.6. The van der Waals surface area contributed by atoms with Crippen LogP contribution in [0.1, 0.15) is 18.3 Å². The van der Waals surface area contributed by atoms with Gasteiger partial charge in [0.05, 0.1) is 29.0 Å². The second-order valence-corrected chi connectivity index (χ2v) is 5.17. The molecule has 0 aliphatic carbocycles. The standard InChI is InChI=1S/C16H21N5O3/c1-4-24-16(23)21(8-7-17)15(22)20-12-5-6-13-14(9-12)19-11(3)10(2)18-13/h5-6,9H,4,7-8,17H2,1-3H3,(H,20,22). The van der Waals surface area contributed by atoms with E-state index in [1.807, 2.05) is 13.8 Å². The molecule has 0 atom stereocenters. The number of fused-ring (bicyclic) bond motifs is 1. The fraction of sp³-hybridized carbons (Fsp3) is 0.375. The van der Waals surface area contributed by atoms with Crippen LogP contribution in [0.25, 0.3) is 11.0 Å². The van der Waals surface area contributed by atoms with Gasteiger partial charge in [-0.25, -0.2) is 24.5 Å². The first-order chi connectivity index (χ1) is 11.5. The van der Waals surface area contributed by atoms with Crippen molar-refractivity contribution >= 4 is 28.8 Å². The van der Waals surface area contributed by atoms with Crippen LogP contribution in [0.4, 0.5) is 15.3 Å². The summed E-state index contributed by atoms with van der Waals surface area (Å²) >= 11 is 0. The van der Waals surface area contributed by atoms with Crippen LogP contribution in [0.2, 0.25) is 0 Å². The molecule has 0 saturated heterocycles. The highest BCUT2D eigenvalue weighted by molar-refractivity contribution is 6.00. The van der Waals surface area contributed by atoms with Gasteiger partial charge < -0.3 is 15.8 Å². The van der Waals surface area contributed by atoms with Gasteiger partial charge in [0.2, 0.25) is 0 Å². The van der Waals surface area contributed by atoms with Gasteiger partial charge in [-0.2, -0.15) is 0 Å². The Balaban J connectivity index is 2.22. The van der Waals surface area contributed by atoms with Crippen molar-refractivity contribution in [3.05, 3.63) is 29.6 Å². The van der Waals surface area contributed by atoms with E-state index in [1.165, 1.54) is 0 Å². The van der Waals surface area contributed by atoms with E-state index in [2.05, 4.69) is 15.3 Å². The Kier molecular flexibility index (Phi) is 5.64. The number of carbonyl (C=O) groups is 2. The molecule has 0 unspecified atom stereocenters. The molecular weight excluding hydrogens is 310 g/mol. The zero-order chi connectivity index (χ0) is 17.7. The highest BCUT2D eigenvalue weighted by Gasteiger charge is 2.22. The number of hydrogen-bond acceptors (Lipinski definition) is 6. The lowest BCUT2D eigenvalue weighted by Crippen LogP contribution is -2.43. The van der Waals surface area contributed by atoms with Crippen molar-refractivity contribution in [2.45, 2.75) is 20.8 Å². The number of urea groups is 1. The molecule has 0 radical (unpaired) electrons. The maximum atomic E-state index is 12.3. The number of ether oxygens (including phenoxy) is 1. The van der Waals surface area contributed by atoms with Crippen molar-refractivity contribution < 1.29 is 14.3 Å². The summed E-state index contributed by atoms with van der Waals surface area (Å²) in [4.78, 5) is 33.9. The van der Waals surface area contributed by atoms with E-state index in [0.717, 1.165) is 21.8 Å². The van der Waals surface area contributed by atoms with Crippen LogP contribution in [-0.4, -0.2) is 46.7 Å². The van der Waals surface area contributed by atoms with Crippen LogP contribution in [0.15, 0.2) is 18.2 Å². The zero-order valence-corrected chi connectivity index (χ0v) is 14.0. The van der Waals surface area contributed by atoms with Gasteiger partial charge in [-0.05, 0) is 39.0 Å². The molecule has 0 aliphatic heterocycles. The predicted molar refractivity (Wildman–Crippen MR) is 90.8 cm³/mol. The number of aryl methyl sites for hydroxylation is 2. The van der Waals surface area contributed by atoms with E-state index < -0.39 is 12.1 Å². The molecule has 0 aliphatic rings. The summed E-state index contributed by atoms with van der Waals surface area (Å²) < 4.78 is 4.86. The van der Waals surface area contributed by atoms with E-state index >= 15 is 0 Å². The third kappa shape index (κ3) is 3.96. The summed E-state index contributed by atoms with van der Waals surface area (Å²) in [5.41, 5.74) is 9.04. The lowest BCUT2D eigenvalue weighted by atomic mass is 10.2. The van der Waals surface area contributed by atoms with Crippen LogP contribution in [-0.2, 0) is 4.74 Å². The molecule has 0 fully saturated rings. The molecule has 1 aromatic carbocycles. The average molecular weight is 331 g/mol. The quantitative estimate of drug-likeness (QED) is 0.888. The summed E-state index contributed by atoms with van der Waals surface area (Å²) in [6, 6.07) is 4.57. The van der Waals surface area contributed by atoms with Crippen LogP contribution in [0, 0.1) is 13.8 Å². The first-order valence-electron chi connectivity index (χ1n) is 7.66. The fourth-order valence-electron chi connectivity index (χ4n) is 2.11. The molecule has 2 aromatic rings. The van der Waals surface area contributed by atoms with Gasteiger partial charge >= 0.3 is 12.1 Å². The molecule has 0 saturated carbocycles. The lowest BCUT2D eigenvalue weighted by molar-refractivity contribution is 0.118.